The SMILES string of the molecule is CCOC(=O)[C@]1(C)CCC[C@@]2(C)[C@@H]3CC[C@@]4(C)C[C@]3(CC[C@@H]21)CC4=O. The first kappa shape index (κ1) is 17.5. The van der Waals surface area contributed by atoms with Gasteiger partial charge in [-0.2, -0.15) is 0 Å². The van der Waals surface area contributed by atoms with Crippen molar-refractivity contribution in [2.75, 3.05) is 6.61 Å². The zero-order valence-corrected chi connectivity index (χ0v) is 16.5. The Balaban J connectivity index is 1.71. The van der Waals surface area contributed by atoms with Crippen molar-refractivity contribution >= 4 is 11.8 Å². The number of esters is 1. The standard InChI is InChI=1S/C22H34O3/c1-5-25-18(24)21(4)10-6-9-20(3)15(21)8-12-22-13-17(23)19(2,14-22)11-7-16(20)22/h15-16H,5-14H2,1-4H3/t15-,16-,19-,20+,21+,22-/m0/s1. The Kier molecular flexibility index (Phi) is 3.74. The van der Waals surface area contributed by atoms with Crippen LogP contribution in [0.5, 0.6) is 0 Å². The molecule has 1 spiro atoms. The van der Waals surface area contributed by atoms with Gasteiger partial charge in [0.25, 0.3) is 0 Å². The highest BCUT2D eigenvalue weighted by Crippen LogP contribution is 2.73. The monoisotopic (exact) mass is 346 g/mol. The number of hydrogen-bond donors (Lipinski definition) is 0. The predicted octanol–water partition coefficient (Wildman–Crippen LogP) is 4.92. The summed E-state index contributed by atoms with van der Waals surface area (Å²) in [5, 5.41) is 0. The Morgan fingerprint density at radius 3 is 2.52 bits per heavy atom. The number of carbonyl (C=O) groups is 2. The number of ketones is 1. The van der Waals surface area contributed by atoms with Gasteiger partial charge in [-0.05, 0) is 81.5 Å². The molecule has 4 rings (SSSR count). The normalized spacial score (nSPS) is 51.6. The van der Waals surface area contributed by atoms with Crippen LogP contribution in [0.15, 0.2) is 0 Å². The highest BCUT2D eigenvalue weighted by atomic mass is 16.5. The number of rotatable bonds is 2. The van der Waals surface area contributed by atoms with E-state index in [9.17, 15) is 9.59 Å². The smallest absolute Gasteiger partial charge is 0.312 e. The van der Waals surface area contributed by atoms with E-state index in [0.29, 0.717) is 24.2 Å². The molecule has 0 heterocycles. The lowest BCUT2D eigenvalue weighted by molar-refractivity contribution is -0.187. The van der Waals surface area contributed by atoms with E-state index in [0.717, 1.165) is 44.9 Å². The maximum absolute atomic E-state index is 12.9. The number of ether oxygens (including phenoxy) is 1. The van der Waals surface area contributed by atoms with Gasteiger partial charge < -0.3 is 4.74 Å². The van der Waals surface area contributed by atoms with Crippen molar-refractivity contribution in [2.24, 2.45) is 33.5 Å². The molecule has 0 aromatic rings. The molecule has 4 fully saturated rings. The molecule has 0 unspecified atom stereocenters. The molecule has 25 heavy (non-hydrogen) atoms. The summed E-state index contributed by atoms with van der Waals surface area (Å²) in [4.78, 5) is 25.6. The molecule has 0 amide bonds. The fraction of sp³-hybridized carbons (Fsp3) is 0.909. The maximum atomic E-state index is 12.9. The van der Waals surface area contributed by atoms with Crippen LogP contribution in [-0.4, -0.2) is 18.4 Å². The molecule has 3 heteroatoms. The number of carbonyl (C=O) groups excluding carboxylic acids is 2. The fourth-order valence-corrected chi connectivity index (χ4v) is 8.04. The fourth-order valence-electron chi connectivity index (χ4n) is 8.04. The van der Waals surface area contributed by atoms with Gasteiger partial charge in [-0.3, -0.25) is 9.59 Å². The molecular weight excluding hydrogens is 312 g/mol. The summed E-state index contributed by atoms with van der Waals surface area (Å²) in [7, 11) is 0. The van der Waals surface area contributed by atoms with Gasteiger partial charge in [0.1, 0.15) is 5.78 Å². The van der Waals surface area contributed by atoms with E-state index in [1.54, 1.807) is 0 Å². The van der Waals surface area contributed by atoms with E-state index in [-0.39, 0.29) is 27.6 Å². The Morgan fingerprint density at radius 2 is 1.80 bits per heavy atom. The molecule has 3 nitrogen and oxygen atoms in total. The van der Waals surface area contributed by atoms with Crippen molar-refractivity contribution in [3.63, 3.8) is 0 Å². The summed E-state index contributed by atoms with van der Waals surface area (Å²) in [5.74, 6) is 1.54. The van der Waals surface area contributed by atoms with Gasteiger partial charge in [0, 0.05) is 11.8 Å². The Morgan fingerprint density at radius 1 is 1.08 bits per heavy atom. The van der Waals surface area contributed by atoms with Gasteiger partial charge in [-0.15, -0.1) is 0 Å². The number of hydrogen-bond acceptors (Lipinski definition) is 3. The maximum Gasteiger partial charge on any atom is 0.312 e. The molecular formula is C22H34O3. The van der Waals surface area contributed by atoms with Gasteiger partial charge in [-0.25, -0.2) is 0 Å². The predicted molar refractivity (Wildman–Crippen MR) is 96.9 cm³/mol. The minimum absolute atomic E-state index is 0.0185. The second kappa shape index (κ2) is 5.33. The van der Waals surface area contributed by atoms with Gasteiger partial charge in [0.2, 0.25) is 0 Å². The second-order valence-electron chi connectivity index (χ2n) is 10.4. The molecule has 4 aliphatic carbocycles. The van der Waals surface area contributed by atoms with E-state index < -0.39 is 0 Å². The van der Waals surface area contributed by atoms with Crippen LogP contribution < -0.4 is 0 Å². The largest absolute Gasteiger partial charge is 0.466 e. The quantitative estimate of drug-likeness (QED) is 0.666. The molecule has 0 radical (unpaired) electrons. The summed E-state index contributed by atoms with van der Waals surface area (Å²) in [6.07, 6.45) is 9.63. The molecule has 0 aromatic carbocycles. The lowest BCUT2D eigenvalue weighted by atomic mass is 9.40. The van der Waals surface area contributed by atoms with Crippen molar-refractivity contribution in [3.05, 3.63) is 0 Å². The average Bonchev–Trinajstić information content (AvgIpc) is 2.72. The van der Waals surface area contributed by atoms with Crippen LogP contribution in [0.3, 0.4) is 0 Å². The second-order valence-corrected chi connectivity index (χ2v) is 10.4. The molecule has 0 aliphatic heterocycles. The minimum atomic E-state index is -0.339. The van der Waals surface area contributed by atoms with Crippen LogP contribution in [-0.2, 0) is 14.3 Å². The summed E-state index contributed by atoms with van der Waals surface area (Å²) >= 11 is 0. The van der Waals surface area contributed by atoms with E-state index >= 15 is 0 Å². The topological polar surface area (TPSA) is 43.4 Å². The van der Waals surface area contributed by atoms with Crippen LogP contribution in [0.2, 0.25) is 0 Å². The van der Waals surface area contributed by atoms with Crippen LogP contribution in [0, 0.1) is 33.5 Å². The molecule has 2 bridgehead atoms. The van der Waals surface area contributed by atoms with E-state index in [4.69, 9.17) is 4.74 Å². The van der Waals surface area contributed by atoms with Crippen LogP contribution >= 0.6 is 0 Å². The van der Waals surface area contributed by atoms with E-state index in [1.165, 1.54) is 12.8 Å². The van der Waals surface area contributed by atoms with E-state index in [1.807, 2.05) is 6.92 Å². The highest BCUT2D eigenvalue weighted by Gasteiger charge is 2.68. The van der Waals surface area contributed by atoms with Crippen molar-refractivity contribution in [1.82, 2.24) is 0 Å². The summed E-state index contributed by atoms with van der Waals surface area (Å²) in [6, 6.07) is 0. The molecule has 0 N–H and O–H groups in total. The molecule has 4 aliphatic rings. The number of fused-ring (bicyclic) bond motifs is 3. The molecule has 6 atom stereocenters. The third-order valence-corrected chi connectivity index (χ3v) is 9.10. The zero-order chi connectivity index (χ0) is 18.1. The number of Topliss-reactive ketones (excluding diaryl/α,β-unsaturated/α-hetero) is 1. The summed E-state index contributed by atoms with van der Waals surface area (Å²) in [6.45, 7) is 9.20. The van der Waals surface area contributed by atoms with Crippen molar-refractivity contribution in [1.29, 1.82) is 0 Å². The lowest BCUT2D eigenvalue weighted by Crippen LogP contribution is -2.58. The lowest BCUT2D eigenvalue weighted by Gasteiger charge is -2.63. The molecule has 4 saturated carbocycles. The third kappa shape index (κ3) is 2.16. The highest BCUT2D eigenvalue weighted by molar-refractivity contribution is 5.88. The Hall–Kier alpha value is -0.860. The van der Waals surface area contributed by atoms with Crippen molar-refractivity contribution in [2.45, 2.75) is 85.5 Å². The van der Waals surface area contributed by atoms with Gasteiger partial charge in [-0.1, -0.05) is 20.3 Å². The van der Waals surface area contributed by atoms with E-state index in [2.05, 4.69) is 20.8 Å². The van der Waals surface area contributed by atoms with Crippen LogP contribution in [0.1, 0.15) is 85.5 Å². The minimum Gasteiger partial charge on any atom is -0.466 e. The Bertz CT molecular complexity index is 612. The summed E-state index contributed by atoms with van der Waals surface area (Å²) in [5.41, 5.74) is 0.0129. The van der Waals surface area contributed by atoms with Gasteiger partial charge in [0.15, 0.2) is 0 Å². The first-order valence-corrected chi connectivity index (χ1v) is 10.4. The average molecular weight is 347 g/mol. The molecule has 140 valence electrons. The van der Waals surface area contributed by atoms with Crippen molar-refractivity contribution < 1.29 is 14.3 Å². The third-order valence-electron chi connectivity index (χ3n) is 9.10. The van der Waals surface area contributed by atoms with Crippen molar-refractivity contribution in [3.8, 4) is 0 Å². The molecule has 0 aromatic heterocycles. The molecule has 0 saturated heterocycles. The first-order chi connectivity index (χ1) is 11.7. The van der Waals surface area contributed by atoms with Crippen LogP contribution in [0.4, 0.5) is 0 Å². The summed E-state index contributed by atoms with van der Waals surface area (Å²) < 4.78 is 5.51. The Labute approximate surface area is 152 Å². The van der Waals surface area contributed by atoms with Crippen LogP contribution in [0.25, 0.3) is 0 Å². The zero-order valence-electron chi connectivity index (χ0n) is 16.5. The van der Waals surface area contributed by atoms with Gasteiger partial charge in [0.05, 0.1) is 12.0 Å². The van der Waals surface area contributed by atoms with Gasteiger partial charge >= 0.3 is 5.97 Å². The first-order valence-electron chi connectivity index (χ1n) is 10.4.